The standard InChI is InChI=1S/C8H8BrNS.HI/c1-11-8(10)6-3-2-4-7(9)5-6;/h2-5,10H,1H3;1H. The molecule has 0 aliphatic rings. The van der Waals surface area contributed by atoms with Gasteiger partial charge in [0.05, 0.1) is 5.04 Å². The highest BCUT2D eigenvalue weighted by molar-refractivity contribution is 14.0. The van der Waals surface area contributed by atoms with E-state index in [2.05, 4.69) is 15.9 Å². The van der Waals surface area contributed by atoms with Crippen LogP contribution in [0.1, 0.15) is 5.56 Å². The average Bonchev–Trinajstić information content (AvgIpc) is 2.03. The summed E-state index contributed by atoms with van der Waals surface area (Å²) in [6.45, 7) is 0. The van der Waals surface area contributed by atoms with Crippen LogP contribution in [0.2, 0.25) is 0 Å². The third kappa shape index (κ3) is 3.45. The van der Waals surface area contributed by atoms with E-state index in [0.717, 1.165) is 10.0 Å². The lowest BCUT2D eigenvalue weighted by Gasteiger charge is -1.99. The Morgan fingerprint density at radius 1 is 1.50 bits per heavy atom. The highest BCUT2D eigenvalue weighted by Crippen LogP contribution is 2.15. The van der Waals surface area contributed by atoms with E-state index >= 15 is 0 Å². The van der Waals surface area contributed by atoms with Crippen molar-refractivity contribution in [1.29, 1.82) is 5.41 Å². The van der Waals surface area contributed by atoms with Gasteiger partial charge in [0.1, 0.15) is 0 Å². The summed E-state index contributed by atoms with van der Waals surface area (Å²) in [5, 5.41) is 8.12. The van der Waals surface area contributed by atoms with Crippen LogP contribution in [0.25, 0.3) is 0 Å². The Morgan fingerprint density at radius 3 is 2.67 bits per heavy atom. The maximum absolute atomic E-state index is 7.52. The first-order chi connectivity index (χ1) is 5.24. The molecule has 1 nitrogen and oxygen atoms in total. The zero-order valence-corrected chi connectivity index (χ0v) is 11.2. The number of rotatable bonds is 1. The maximum atomic E-state index is 7.52. The Labute approximate surface area is 102 Å². The van der Waals surface area contributed by atoms with E-state index in [9.17, 15) is 0 Å². The molecule has 0 unspecified atom stereocenters. The van der Waals surface area contributed by atoms with Gasteiger partial charge in [-0.2, -0.15) is 0 Å². The first-order valence-corrected chi connectivity index (χ1v) is 5.14. The first kappa shape index (κ1) is 12.4. The molecule has 1 rings (SSSR count). The predicted octanol–water partition coefficient (Wildman–Crippen LogP) is 3.76. The van der Waals surface area contributed by atoms with Crippen LogP contribution in [0.3, 0.4) is 0 Å². The molecule has 66 valence electrons. The monoisotopic (exact) mass is 357 g/mol. The number of benzene rings is 1. The minimum Gasteiger partial charge on any atom is -0.293 e. The quantitative estimate of drug-likeness (QED) is 0.462. The van der Waals surface area contributed by atoms with Crippen LogP contribution < -0.4 is 0 Å². The highest BCUT2D eigenvalue weighted by atomic mass is 127. The molecule has 0 aliphatic carbocycles. The van der Waals surface area contributed by atoms with Crippen molar-refractivity contribution in [2.24, 2.45) is 0 Å². The highest BCUT2D eigenvalue weighted by Gasteiger charge is 1.97. The third-order valence-electron chi connectivity index (χ3n) is 1.29. The molecule has 0 saturated heterocycles. The second-order valence-corrected chi connectivity index (χ2v) is 3.78. The Hall–Kier alpha value is 0.450. The van der Waals surface area contributed by atoms with Crippen LogP contribution in [-0.4, -0.2) is 11.3 Å². The molecule has 1 N–H and O–H groups in total. The maximum Gasteiger partial charge on any atom is 0.0940 e. The van der Waals surface area contributed by atoms with Crippen molar-refractivity contribution < 1.29 is 0 Å². The van der Waals surface area contributed by atoms with Gasteiger partial charge in [0.25, 0.3) is 0 Å². The van der Waals surface area contributed by atoms with Crippen LogP contribution in [0.15, 0.2) is 28.7 Å². The normalized spacial score (nSPS) is 8.83. The van der Waals surface area contributed by atoms with Gasteiger partial charge in [-0.1, -0.05) is 28.1 Å². The van der Waals surface area contributed by atoms with Crippen LogP contribution in [0, 0.1) is 5.41 Å². The zero-order valence-electron chi connectivity index (χ0n) is 6.50. The minimum atomic E-state index is 0. The summed E-state index contributed by atoms with van der Waals surface area (Å²) in [5.74, 6) is 0. The second kappa shape index (κ2) is 5.99. The summed E-state index contributed by atoms with van der Waals surface area (Å²) in [7, 11) is 0. The Morgan fingerprint density at radius 2 is 2.17 bits per heavy atom. The Kier molecular flexibility index (Phi) is 6.21. The van der Waals surface area contributed by atoms with Gasteiger partial charge in [0.15, 0.2) is 0 Å². The van der Waals surface area contributed by atoms with Gasteiger partial charge in [-0.25, -0.2) is 0 Å². The van der Waals surface area contributed by atoms with E-state index in [1.54, 1.807) is 0 Å². The van der Waals surface area contributed by atoms with Gasteiger partial charge in [0.2, 0.25) is 0 Å². The fourth-order valence-corrected chi connectivity index (χ4v) is 1.51. The topological polar surface area (TPSA) is 23.9 Å². The SMILES string of the molecule is CSC(=N)c1cccc(Br)c1.I. The van der Waals surface area contributed by atoms with E-state index in [1.807, 2.05) is 30.5 Å². The van der Waals surface area contributed by atoms with E-state index in [0.29, 0.717) is 5.04 Å². The summed E-state index contributed by atoms with van der Waals surface area (Å²) < 4.78 is 1.02. The molecule has 12 heavy (non-hydrogen) atoms. The van der Waals surface area contributed by atoms with Gasteiger partial charge in [0, 0.05) is 10.0 Å². The van der Waals surface area contributed by atoms with E-state index < -0.39 is 0 Å². The number of hydrogen-bond donors (Lipinski definition) is 1. The zero-order chi connectivity index (χ0) is 8.27. The second-order valence-electron chi connectivity index (χ2n) is 2.04. The lowest BCUT2D eigenvalue weighted by Crippen LogP contribution is -1.90. The molecular formula is C8H9BrINS. The molecule has 4 heteroatoms. The molecule has 1 aromatic carbocycles. The van der Waals surface area contributed by atoms with Crippen molar-refractivity contribution in [2.45, 2.75) is 0 Å². The number of hydrogen-bond acceptors (Lipinski definition) is 2. The van der Waals surface area contributed by atoms with E-state index in [1.165, 1.54) is 11.8 Å². The summed E-state index contributed by atoms with van der Waals surface area (Å²) in [5.41, 5.74) is 0.965. The van der Waals surface area contributed by atoms with Gasteiger partial charge < -0.3 is 0 Å². The number of thioether (sulfide) groups is 1. The predicted molar refractivity (Wildman–Crippen MR) is 69.9 cm³/mol. The minimum absolute atomic E-state index is 0. The van der Waals surface area contributed by atoms with Crippen molar-refractivity contribution in [2.75, 3.05) is 6.26 Å². The van der Waals surface area contributed by atoms with Crippen molar-refractivity contribution in [3.63, 3.8) is 0 Å². The first-order valence-electron chi connectivity index (χ1n) is 3.12. The van der Waals surface area contributed by atoms with Crippen LogP contribution in [0.4, 0.5) is 0 Å². The summed E-state index contributed by atoms with van der Waals surface area (Å²) in [4.78, 5) is 0. The molecule has 0 amide bonds. The average molecular weight is 358 g/mol. The molecule has 0 heterocycles. The van der Waals surface area contributed by atoms with Crippen LogP contribution in [0.5, 0.6) is 0 Å². The van der Waals surface area contributed by atoms with Gasteiger partial charge in [-0.15, -0.1) is 35.7 Å². The third-order valence-corrected chi connectivity index (χ3v) is 2.43. The molecule has 0 aliphatic heterocycles. The molecule has 0 bridgehead atoms. The Bertz CT molecular complexity index is 278. The molecule has 0 fully saturated rings. The van der Waals surface area contributed by atoms with E-state index in [4.69, 9.17) is 5.41 Å². The summed E-state index contributed by atoms with van der Waals surface area (Å²) in [6, 6.07) is 7.77. The van der Waals surface area contributed by atoms with Gasteiger partial charge in [-0.05, 0) is 18.4 Å². The molecule has 1 aromatic rings. The lowest BCUT2D eigenvalue weighted by molar-refractivity contribution is 1.52. The summed E-state index contributed by atoms with van der Waals surface area (Å²) >= 11 is 4.80. The van der Waals surface area contributed by atoms with Gasteiger partial charge in [-0.3, -0.25) is 5.41 Å². The fraction of sp³-hybridized carbons (Fsp3) is 0.125. The van der Waals surface area contributed by atoms with Gasteiger partial charge >= 0.3 is 0 Å². The van der Waals surface area contributed by atoms with E-state index in [-0.39, 0.29) is 24.0 Å². The molecule has 0 atom stereocenters. The molecule has 0 radical (unpaired) electrons. The smallest absolute Gasteiger partial charge is 0.0940 e. The van der Waals surface area contributed by atoms with Crippen molar-refractivity contribution in [3.05, 3.63) is 34.3 Å². The molecule has 0 saturated carbocycles. The van der Waals surface area contributed by atoms with Crippen molar-refractivity contribution in [1.82, 2.24) is 0 Å². The van der Waals surface area contributed by atoms with Crippen molar-refractivity contribution >= 4 is 56.7 Å². The largest absolute Gasteiger partial charge is 0.293 e. The van der Waals surface area contributed by atoms with Crippen LogP contribution >= 0.6 is 51.7 Å². The molecule has 0 aromatic heterocycles. The molecule has 0 spiro atoms. The fourth-order valence-electron chi connectivity index (χ4n) is 0.748. The Balaban J connectivity index is 0.00000121. The summed E-state index contributed by atoms with van der Waals surface area (Å²) in [6.07, 6.45) is 1.91. The molecular weight excluding hydrogens is 349 g/mol. The lowest BCUT2D eigenvalue weighted by atomic mass is 10.2. The van der Waals surface area contributed by atoms with Crippen LogP contribution in [-0.2, 0) is 0 Å². The van der Waals surface area contributed by atoms with Crippen molar-refractivity contribution in [3.8, 4) is 0 Å². The number of nitrogens with one attached hydrogen (secondary N) is 1. The number of halogens is 2.